The van der Waals surface area contributed by atoms with Crippen LogP contribution in [-0.2, 0) is 0 Å². The van der Waals surface area contributed by atoms with Gasteiger partial charge >= 0.3 is 0 Å². The molecule has 0 bridgehead atoms. The normalized spacial score (nSPS) is 10.8. The van der Waals surface area contributed by atoms with Crippen LogP contribution in [0.25, 0.3) is 16.9 Å². The van der Waals surface area contributed by atoms with E-state index in [-0.39, 0.29) is 5.91 Å². The van der Waals surface area contributed by atoms with Crippen LogP contribution >= 0.6 is 0 Å². The predicted molar refractivity (Wildman–Crippen MR) is 95.4 cm³/mol. The summed E-state index contributed by atoms with van der Waals surface area (Å²) in [6, 6.07) is 12.9. The van der Waals surface area contributed by atoms with Gasteiger partial charge in [0.2, 0.25) is 0 Å². The van der Waals surface area contributed by atoms with Gasteiger partial charge in [-0.1, -0.05) is 18.2 Å². The van der Waals surface area contributed by atoms with E-state index in [0.29, 0.717) is 17.0 Å². The second kappa shape index (κ2) is 6.16. The molecule has 0 unspecified atom stereocenters. The van der Waals surface area contributed by atoms with E-state index >= 15 is 0 Å². The summed E-state index contributed by atoms with van der Waals surface area (Å²) in [5.74, 6) is 0.460. The molecule has 3 aromatic heterocycles. The van der Waals surface area contributed by atoms with Crippen molar-refractivity contribution < 1.29 is 4.79 Å². The van der Waals surface area contributed by atoms with E-state index in [2.05, 4.69) is 20.3 Å². The number of nitrogens with one attached hydrogen (secondary N) is 1. The molecule has 0 aliphatic carbocycles. The SMILES string of the molecule is Cc1nc2cnc(-c3cccnc3)cn2c1NC(=O)c1ccccc1. The molecule has 0 aliphatic heterocycles. The molecule has 0 saturated heterocycles. The lowest BCUT2D eigenvalue weighted by Crippen LogP contribution is -2.14. The molecule has 0 radical (unpaired) electrons. The highest BCUT2D eigenvalue weighted by atomic mass is 16.1. The van der Waals surface area contributed by atoms with Gasteiger partial charge in [-0.2, -0.15) is 0 Å². The number of anilines is 1. The maximum absolute atomic E-state index is 12.5. The first kappa shape index (κ1) is 15.0. The minimum absolute atomic E-state index is 0.176. The molecule has 0 atom stereocenters. The molecule has 4 rings (SSSR count). The number of pyridine rings is 1. The van der Waals surface area contributed by atoms with Crippen LogP contribution in [0.1, 0.15) is 16.1 Å². The number of rotatable bonds is 3. The second-order valence-electron chi connectivity index (χ2n) is 5.61. The van der Waals surface area contributed by atoms with Gasteiger partial charge in [0.05, 0.1) is 17.6 Å². The Hall–Kier alpha value is -3.54. The van der Waals surface area contributed by atoms with Crippen molar-refractivity contribution in [2.75, 3.05) is 5.32 Å². The zero-order valence-electron chi connectivity index (χ0n) is 13.5. The van der Waals surface area contributed by atoms with Crippen molar-refractivity contribution in [1.29, 1.82) is 0 Å². The number of carbonyl (C=O) groups is 1. The van der Waals surface area contributed by atoms with Gasteiger partial charge in [0.1, 0.15) is 5.82 Å². The van der Waals surface area contributed by atoms with Gasteiger partial charge in [-0.25, -0.2) is 4.98 Å². The lowest BCUT2D eigenvalue weighted by Gasteiger charge is -2.07. The molecule has 0 spiro atoms. The van der Waals surface area contributed by atoms with Crippen LogP contribution in [0.2, 0.25) is 0 Å². The minimum atomic E-state index is -0.176. The molecule has 6 nitrogen and oxygen atoms in total. The Morgan fingerprint density at radius 1 is 1.08 bits per heavy atom. The minimum Gasteiger partial charge on any atom is -0.306 e. The molecule has 0 aliphatic rings. The summed E-state index contributed by atoms with van der Waals surface area (Å²) in [4.78, 5) is 25.5. The third-order valence-corrected chi connectivity index (χ3v) is 3.91. The molecule has 1 N–H and O–H groups in total. The highest BCUT2D eigenvalue weighted by molar-refractivity contribution is 6.04. The van der Waals surface area contributed by atoms with Crippen LogP contribution < -0.4 is 5.32 Å². The van der Waals surface area contributed by atoms with Gasteiger partial charge in [0.25, 0.3) is 5.91 Å². The van der Waals surface area contributed by atoms with Gasteiger partial charge in [0, 0.05) is 29.7 Å². The quantitative estimate of drug-likeness (QED) is 0.625. The van der Waals surface area contributed by atoms with Crippen LogP contribution in [0.3, 0.4) is 0 Å². The van der Waals surface area contributed by atoms with E-state index in [1.54, 1.807) is 30.7 Å². The summed E-state index contributed by atoms with van der Waals surface area (Å²) >= 11 is 0. The maximum Gasteiger partial charge on any atom is 0.256 e. The third-order valence-electron chi connectivity index (χ3n) is 3.91. The number of hydrogen-bond donors (Lipinski definition) is 1. The molecule has 122 valence electrons. The number of fused-ring (bicyclic) bond motifs is 1. The lowest BCUT2D eigenvalue weighted by atomic mass is 10.2. The molecule has 4 aromatic rings. The number of carbonyl (C=O) groups excluding carboxylic acids is 1. The van der Waals surface area contributed by atoms with E-state index in [9.17, 15) is 4.79 Å². The summed E-state index contributed by atoms with van der Waals surface area (Å²) in [5.41, 5.74) is 3.66. The summed E-state index contributed by atoms with van der Waals surface area (Å²) < 4.78 is 1.84. The summed E-state index contributed by atoms with van der Waals surface area (Å²) in [7, 11) is 0. The number of aryl methyl sites for hydroxylation is 1. The summed E-state index contributed by atoms with van der Waals surface area (Å²) in [6.45, 7) is 1.86. The number of aromatic nitrogens is 4. The number of benzene rings is 1. The standard InChI is InChI=1S/C19H15N5O/c1-13-18(23-19(25)14-6-3-2-4-7-14)24-12-16(21-11-17(24)22-13)15-8-5-9-20-10-15/h2-12H,1H3,(H,23,25). The van der Waals surface area contributed by atoms with Crippen LogP contribution in [0.4, 0.5) is 5.82 Å². The number of amides is 1. The largest absolute Gasteiger partial charge is 0.306 e. The summed E-state index contributed by atoms with van der Waals surface area (Å²) in [5, 5.41) is 2.95. The maximum atomic E-state index is 12.5. The van der Waals surface area contributed by atoms with E-state index in [4.69, 9.17) is 0 Å². The Morgan fingerprint density at radius 3 is 2.68 bits per heavy atom. The van der Waals surface area contributed by atoms with Crippen LogP contribution in [-0.4, -0.2) is 25.3 Å². The van der Waals surface area contributed by atoms with Gasteiger partial charge < -0.3 is 5.32 Å². The van der Waals surface area contributed by atoms with Crippen molar-refractivity contribution in [2.24, 2.45) is 0 Å². The highest BCUT2D eigenvalue weighted by Gasteiger charge is 2.14. The fourth-order valence-electron chi connectivity index (χ4n) is 2.66. The fourth-order valence-corrected chi connectivity index (χ4v) is 2.66. The number of nitrogens with zero attached hydrogens (tertiary/aromatic N) is 4. The van der Waals surface area contributed by atoms with Crippen molar-refractivity contribution in [1.82, 2.24) is 19.4 Å². The Labute approximate surface area is 144 Å². The van der Waals surface area contributed by atoms with Crippen LogP contribution in [0.5, 0.6) is 0 Å². The van der Waals surface area contributed by atoms with E-state index < -0.39 is 0 Å². The molecular formula is C19H15N5O. The van der Waals surface area contributed by atoms with E-state index in [0.717, 1.165) is 17.0 Å². The first-order valence-electron chi connectivity index (χ1n) is 7.84. The molecule has 1 aromatic carbocycles. The molecular weight excluding hydrogens is 314 g/mol. The van der Waals surface area contributed by atoms with Crippen molar-refractivity contribution in [3.05, 3.63) is 78.5 Å². The second-order valence-corrected chi connectivity index (χ2v) is 5.61. The van der Waals surface area contributed by atoms with Crippen molar-refractivity contribution in [3.8, 4) is 11.3 Å². The molecule has 1 amide bonds. The monoisotopic (exact) mass is 329 g/mol. The number of hydrogen-bond acceptors (Lipinski definition) is 4. The van der Waals surface area contributed by atoms with Crippen LogP contribution in [0, 0.1) is 6.92 Å². The smallest absolute Gasteiger partial charge is 0.256 e. The zero-order chi connectivity index (χ0) is 17.2. The van der Waals surface area contributed by atoms with Gasteiger partial charge in [0.15, 0.2) is 5.65 Å². The zero-order valence-corrected chi connectivity index (χ0v) is 13.5. The first-order chi connectivity index (χ1) is 12.2. The molecule has 0 fully saturated rings. The molecule has 25 heavy (non-hydrogen) atoms. The lowest BCUT2D eigenvalue weighted by molar-refractivity contribution is 0.102. The van der Waals surface area contributed by atoms with Gasteiger partial charge in [-0.15, -0.1) is 0 Å². The number of imidazole rings is 1. The predicted octanol–water partition coefficient (Wildman–Crippen LogP) is 3.35. The van der Waals surface area contributed by atoms with Crippen molar-refractivity contribution in [3.63, 3.8) is 0 Å². The summed E-state index contributed by atoms with van der Waals surface area (Å²) in [6.07, 6.45) is 7.01. The average molecular weight is 329 g/mol. The van der Waals surface area contributed by atoms with Gasteiger partial charge in [-0.05, 0) is 31.2 Å². The Balaban J connectivity index is 1.76. The first-order valence-corrected chi connectivity index (χ1v) is 7.84. The van der Waals surface area contributed by atoms with Gasteiger partial charge in [-0.3, -0.25) is 19.2 Å². The molecule has 6 heteroatoms. The molecule has 0 saturated carbocycles. The van der Waals surface area contributed by atoms with Crippen molar-refractivity contribution in [2.45, 2.75) is 6.92 Å². The topological polar surface area (TPSA) is 72.2 Å². The fraction of sp³-hybridized carbons (Fsp3) is 0.0526. The van der Waals surface area contributed by atoms with Crippen LogP contribution in [0.15, 0.2) is 67.3 Å². The van der Waals surface area contributed by atoms with E-state index in [1.165, 1.54) is 0 Å². The van der Waals surface area contributed by atoms with E-state index in [1.807, 2.05) is 47.9 Å². The average Bonchev–Trinajstić information content (AvgIpc) is 2.98. The Morgan fingerprint density at radius 2 is 1.92 bits per heavy atom. The van der Waals surface area contributed by atoms with Crippen molar-refractivity contribution >= 4 is 17.4 Å². The Kier molecular flexibility index (Phi) is 3.70. The Bertz CT molecular complexity index is 1040. The molecule has 3 heterocycles. The highest BCUT2D eigenvalue weighted by Crippen LogP contribution is 2.22. The third kappa shape index (κ3) is 2.85.